The highest BCUT2D eigenvalue weighted by atomic mass is 32.1. The number of methoxy groups -OCH3 is 1. The van der Waals surface area contributed by atoms with Crippen LogP contribution in [0.1, 0.15) is 0 Å². The van der Waals surface area contributed by atoms with Gasteiger partial charge < -0.3 is 30.1 Å². The van der Waals surface area contributed by atoms with Crippen LogP contribution in [0.4, 0.5) is 0 Å². The van der Waals surface area contributed by atoms with Gasteiger partial charge in [0.05, 0.1) is 12.4 Å². The Morgan fingerprint density at radius 2 is 2.12 bits per heavy atom. The minimum Gasteiger partial charge on any atom is -0.394 e. The molecule has 0 bridgehead atoms. The Morgan fingerprint density at radius 1 is 1.47 bits per heavy atom. The molecule has 0 unspecified atom stereocenters. The quantitative estimate of drug-likeness (QED) is 0.360. The molecule has 1 fully saturated rings. The van der Waals surface area contributed by atoms with Crippen LogP contribution in [0.2, 0.25) is 0 Å². The van der Waals surface area contributed by atoms with Crippen LogP contribution < -0.4 is 5.32 Å². The van der Waals surface area contributed by atoms with Crippen LogP contribution in [-0.4, -0.2) is 71.3 Å². The Labute approximate surface area is 104 Å². The van der Waals surface area contributed by atoms with E-state index >= 15 is 0 Å². The lowest BCUT2D eigenvalue weighted by molar-refractivity contribution is -0.262. The SMILES string of the molecule is CO[C@@H]1O[C@H](CO)[C@@H](O)[C@H](O)[C@H]1NC(=O)CS. The third-order valence-electron chi connectivity index (χ3n) is 2.58. The Hall–Kier alpha value is -0.380. The fourth-order valence-corrected chi connectivity index (χ4v) is 1.76. The summed E-state index contributed by atoms with van der Waals surface area (Å²) in [5.41, 5.74) is 0. The summed E-state index contributed by atoms with van der Waals surface area (Å²) in [5.74, 6) is -0.475. The fraction of sp³-hybridized carbons (Fsp3) is 0.889. The first-order chi connectivity index (χ1) is 8.04. The van der Waals surface area contributed by atoms with E-state index in [0.29, 0.717) is 0 Å². The molecule has 5 atom stereocenters. The molecule has 1 saturated heterocycles. The van der Waals surface area contributed by atoms with E-state index in [0.717, 1.165) is 0 Å². The second kappa shape index (κ2) is 6.53. The largest absolute Gasteiger partial charge is 0.394 e. The van der Waals surface area contributed by atoms with Gasteiger partial charge in [-0.2, -0.15) is 12.6 Å². The number of rotatable bonds is 4. The molecule has 0 saturated carbocycles. The van der Waals surface area contributed by atoms with Gasteiger partial charge in [0.15, 0.2) is 6.29 Å². The Kier molecular flexibility index (Phi) is 5.63. The highest BCUT2D eigenvalue weighted by Gasteiger charge is 2.44. The summed E-state index contributed by atoms with van der Waals surface area (Å²) in [5, 5.41) is 30.9. The molecule has 1 aliphatic heterocycles. The lowest BCUT2D eigenvalue weighted by Crippen LogP contribution is -2.64. The number of carbonyl (C=O) groups excluding carboxylic acids is 1. The van der Waals surface area contributed by atoms with Gasteiger partial charge in [0, 0.05) is 7.11 Å². The van der Waals surface area contributed by atoms with Gasteiger partial charge in [-0.25, -0.2) is 0 Å². The van der Waals surface area contributed by atoms with Crippen molar-refractivity contribution in [2.45, 2.75) is 30.6 Å². The lowest BCUT2D eigenvalue weighted by atomic mass is 9.97. The summed E-state index contributed by atoms with van der Waals surface area (Å²) in [6, 6.07) is -0.905. The van der Waals surface area contributed by atoms with E-state index in [-0.39, 0.29) is 5.75 Å². The molecular weight excluding hydrogens is 250 g/mol. The molecule has 0 radical (unpaired) electrons. The number of thiol groups is 1. The van der Waals surface area contributed by atoms with Crippen molar-refractivity contribution in [2.75, 3.05) is 19.5 Å². The minimum absolute atomic E-state index is 0.0564. The molecule has 0 spiro atoms. The zero-order valence-electron chi connectivity index (χ0n) is 9.31. The van der Waals surface area contributed by atoms with Crippen LogP contribution in [0.25, 0.3) is 0 Å². The molecule has 7 nitrogen and oxygen atoms in total. The maximum absolute atomic E-state index is 11.2. The van der Waals surface area contributed by atoms with Gasteiger partial charge in [0.2, 0.25) is 5.91 Å². The van der Waals surface area contributed by atoms with Crippen molar-refractivity contribution >= 4 is 18.5 Å². The standard InChI is InChI=1S/C9H17NO6S/c1-15-9-6(10-5(12)3-17)8(14)7(13)4(2-11)16-9/h4,6-9,11,13-14,17H,2-3H2,1H3,(H,10,12)/t4-,6-,7-,8-,9-/m1/s1. The first-order valence-electron chi connectivity index (χ1n) is 5.10. The van der Waals surface area contributed by atoms with Gasteiger partial charge in [-0.05, 0) is 0 Å². The summed E-state index contributed by atoms with van der Waals surface area (Å²) in [7, 11) is 1.34. The van der Waals surface area contributed by atoms with Crippen molar-refractivity contribution in [1.29, 1.82) is 0 Å². The predicted octanol–water partition coefficient (Wildman–Crippen LogP) is -2.51. The molecule has 17 heavy (non-hydrogen) atoms. The van der Waals surface area contributed by atoms with Crippen molar-refractivity contribution in [3.63, 3.8) is 0 Å². The number of nitrogens with one attached hydrogen (secondary N) is 1. The smallest absolute Gasteiger partial charge is 0.230 e. The predicted molar refractivity (Wildman–Crippen MR) is 60.6 cm³/mol. The van der Waals surface area contributed by atoms with Gasteiger partial charge in [-0.1, -0.05) is 0 Å². The normalized spacial score (nSPS) is 37.8. The number of aliphatic hydroxyl groups is 3. The summed E-state index contributed by atoms with van der Waals surface area (Å²) in [6.45, 7) is -0.453. The van der Waals surface area contributed by atoms with Gasteiger partial charge in [0.1, 0.15) is 24.4 Å². The van der Waals surface area contributed by atoms with Crippen LogP contribution >= 0.6 is 12.6 Å². The van der Waals surface area contributed by atoms with Crippen molar-refractivity contribution in [1.82, 2.24) is 5.32 Å². The highest BCUT2D eigenvalue weighted by molar-refractivity contribution is 7.81. The second-order valence-corrected chi connectivity index (χ2v) is 4.01. The lowest BCUT2D eigenvalue weighted by Gasteiger charge is -2.41. The van der Waals surface area contributed by atoms with Gasteiger partial charge in [0.25, 0.3) is 0 Å². The van der Waals surface area contributed by atoms with Crippen molar-refractivity contribution in [2.24, 2.45) is 0 Å². The van der Waals surface area contributed by atoms with Crippen molar-refractivity contribution < 1.29 is 29.6 Å². The van der Waals surface area contributed by atoms with Gasteiger partial charge in [-0.15, -0.1) is 0 Å². The molecule has 0 aliphatic carbocycles. The minimum atomic E-state index is -1.29. The van der Waals surface area contributed by atoms with E-state index in [4.69, 9.17) is 14.6 Å². The van der Waals surface area contributed by atoms with Crippen LogP contribution in [0.3, 0.4) is 0 Å². The number of carbonyl (C=O) groups is 1. The zero-order valence-corrected chi connectivity index (χ0v) is 10.2. The molecule has 0 aromatic rings. The molecule has 0 aromatic heterocycles. The average molecular weight is 267 g/mol. The van der Waals surface area contributed by atoms with E-state index in [1.165, 1.54) is 7.11 Å². The zero-order chi connectivity index (χ0) is 13.0. The number of amides is 1. The molecule has 1 aliphatic rings. The van der Waals surface area contributed by atoms with E-state index in [9.17, 15) is 15.0 Å². The first kappa shape index (κ1) is 14.7. The van der Waals surface area contributed by atoms with E-state index in [1.807, 2.05) is 0 Å². The molecule has 1 amide bonds. The summed E-state index contributed by atoms with van der Waals surface area (Å²) < 4.78 is 10.2. The summed E-state index contributed by atoms with van der Waals surface area (Å²) in [4.78, 5) is 11.2. The van der Waals surface area contributed by atoms with Crippen LogP contribution in [-0.2, 0) is 14.3 Å². The van der Waals surface area contributed by atoms with Crippen molar-refractivity contribution in [3.8, 4) is 0 Å². The fourth-order valence-electron chi connectivity index (χ4n) is 1.67. The molecular formula is C9H17NO6S. The Morgan fingerprint density at radius 3 is 2.59 bits per heavy atom. The van der Waals surface area contributed by atoms with Crippen LogP contribution in [0.15, 0.2) is 0 Å². The molecule has 1 rings (SSSR count). The van der Waals surface area contributed by atoms with Crippen LogP contribution in [0.5, 0.6) is 0 Å². The molecule has 0 aromatic carbocycles. The maximum Gasteiger partial charge on any atom is 0.230 e. The Bertz CT molecular complexity index is 264. The number of hydrogen-bond acceptors (Lipinski definition) is 7. The first-order valence-corrected chi connectivity index (χ1v) is 5.73. The second-order valence-electron chi connectivity index (χ2n) is 3.69. The third kappa shape index (κ3) is 3.30. The summed E-state index contributed by atoms with van der Waals surface area (Å²) in [6.07, 6.45) is -4.46. The molecule has 8 heteroatoms. The maximum atomic E-state index is 11.2. The number of ether oxygens (including phenoxy) is 2. The van der Waals surface area contributed by atoms with E-state index in [1.54, 1.807) is 0 Å². The highest BCUT2D eigenvalue weighted by Crippen LogP contribution is 2.21. The number of hydrogen-bond donors (Lipinski definition) is 5. The van der Waals surface area contributed by atoms with Gasteiger partial charge in [-0.3, -0.25) is 4.79 Å². The van der Waals surface area contributed by atoms with Gasteiger partial charge >= 0.3 is 0 Å². The van der Waals surface area contributed by atoms with E-state index < -0.39 is 43.2 Å². The Balaban J connectivity index is 2.75. The topological polar surface area (TPSA) is 108 Å². The molecule has 4 N–H and O–H groups in total. The number of aliphatic hydroxyl groups excluding tert-OH is 3. The summed E-state index contributed by atoms with van der Waals surface area (Å²) >= 11 is 3.78. The molecule has 1 heterocycles. The average Bonchev–Trinajstić information content (AvgIpc) is 2.35. The van der Waals surface area contributed by atoms with E-state index in [2.05, 4.69) is 17.9 Å². The monoisotopic (exact) mass is 267 g/mol. The van der Waals surface area contributed by atoms with Crippen LogP contribution in [0, 0.1) is 0 Å². The third-order valence-corrected chi connectivity index (χ3v) is 2.87. The van der Waals surface area contributed by atoms with Crippen molar-refractivity contribution in [3.05, 3.63) is 0 Å². The molecule has 100 valence electrons.